The number of amides is 1. The summed E-state index contributed by atoms with van der Waals surface area (Å²) < 4.78 is 37.9. The number of alkyl halides is 3. The fraction of sp³-hybridized carbons (Fsp3) is 0.933. The van der Waals surface area contributed by atoms with Crippen LogP contribution in [0.5, 0.6) is 0 Å². The van der Waals surface area contributed by atoms with Gasteiger partial charge in [0.25, 0.3) is 0 Å². The molecule has 1 heterocycles. The number of halogens is 3. The van der Waals surface area contributed by atoms with Crippen molar-refractivity contribution < 1.29 is 18.0 Å². The molecular formula is C15H27F3N2O. The molecule has 124 valence electrons. The van der Waals surface area contributed by atoms with E-state index in [-0.39, 0.29) is 25.3 Å². The average Bonchev–Trinajstić information content (AvgIpc) is 2.46. The summed E-state index contributed by atoms with van der Waals surface area (Å²) >= 11 is 0. The predicted molar refractivity (Wildman–Crippen MR) is 77.0 cm³/mol. The number of carbonyl (C=O) groups is 1. The first-order valence-corrected chi connectivity index (χ1v) is 7.99. The van der Waals surface area contributed by atoms with E-state index in [1.54, 1.807) is 0 Å². The number of rotatable bonds is 7. The van der Waals surface area contributed by atoms with E-state index in [9.17, 15) is 18.0 Å². The van der Waals surface area contributed by atoms with E-state index in [0.717, 1.165) is 25.7 Å². The van der Waals surface area contributed by atoms with E-state index < -0.39 is 18.1 Å². The van der Waals surface area contributed by atoms with E-state index in [1.807, 2.05) is 4.90 Å². The summed E-state index contributed by atoms with van der Waals surface area (Å²) in [5.41, 5.74) is 0. The van der Waals surface area contributed by atoms with Crippen LogP contribution in [0.2, 0.25) is 0 Å². The number of hydrogen-bond acceptors (Lipinski definition) is 2. The molecule has 0 aliphatic carbocycles. The van der Waals surface area contributed by atoms with E-state index in [1.165, 1.54) is 0 Å². The number of piperidine rings is 1. The zero-order valence-corrected chi connectivity index (χ0v) is 13.0. The van der Waals surface area contributed by atoms with Gasteiger partial charge in [-0.15, -0.1) is 0 Å². The molecule has 0 aromatic heterocycles. The molecular weight excluding hydrogens is 281 g/mol. The molecule has 1 saturated heterocycles. The lowest BCUT2D eigenvalue weighted by atomic mass is 9.93. The summed E-state index contributed by atoms with van der Waals surface area (Å²) in [6, 6.07) is -0.447. The van der Waals surface area contributed by atoms with Gasteiger partial charge >= 0.3 is 6.18 Å². The minimum absolute atomic E-state index is 0.0301. The van der Waals surface area contributed by atoms with Crippen molar-refractivity contribution in [3.8, 4) is 0 Å². The number of unbranched alkanes of at least 4 members (excludes halogenated alkanes) is 2. The van der Waals surface area contributed by atoms with Crippen molar-refractivity contribution in [3.63, 3.8) is 0 Å². The molecule has 1 rings (SSSR count). The Morgan fingerprint density at radius 3 is 2.10 bits per heavy atom. The van der Waals surface area contributed by atoms with Crippen molar-refractivity contribution in [2.24, 2.45) is 5.92 Å². The van der Waals surface area contributed by atoms with Gasteiger partial charge in [-0.2, -0.15) is 13.2 Å². The van der Waals surface area contributed by atoms with Gasteiger partial charge in [0.05, 0.1) is 12.0 Å². The lowest BCUT2D eigenvalue weighted by Crippen LogP contribution is -2.52. The Balaban J connectivity index is 2.52. The Kier molecular flexibility index (Phi) is 7.49. The molecule has 0 radical (unpaired) electrons. The Morgan fingerprint density at radius 1 is 1.14 bits per heavy atom. The maximum Gasteiger partial charge on any atom is 0.393 e. The predicted octanol–water partition coefficient (Wildman–Crippen LogP) is 3.35. The largest absolute Gasteiger partial charge is 0.393 e. The molecule has 2 unspecified atom stereocenters. The lowest BCUT2D eigenvalue weighted by molar-refractivity contribution is -0.180. The summed E-state index contributed by atoms with van der Waals surface area (Å²) in [6.07, 6.45) is 0.0419. The molecule has 21 heavy (non-hydrogen) atoms. The van der Waals surface area contributed by atoms with Crippen LogP contribution in [0.3, 0.4) is 0 Å². The molecule has 0 aromatic carbocycles. The second-order valence-electron chi connectivity index (χ2n) is 5.81. The summed E-state index contributed by atoms with van der Waals surface area (Å²) in [5, 5.41) is 2.80. The third-order valence-electron chi connectivity index (χ3n) is 4.05. The van der Waals surface area contributed by atoms with Crippen LogP contribution >= 0.6 is 0 Å². The molecule has 0 saturated carbocycles. The maximum absolute atomic E-state index is 12.6. The van der Waals surface area contributed by atoms with E-state index in [0.29, 0.717) is 13.1 Å². The number of carbonyl (C=O) groups excluding carboxylic acids is 1. The standard InChI is InChI=1S/C15H27F3N2O/c1-3-5-9-20(10-6-4-2)14(21)13-8-7-12(11-19-13)15(16,17)18/h12-13,19H,3-11H2,1-2H3. The van der Waals surface area contributed by atoms with Gasteiger partial charge in [0.2, 0.25) is 5.91 Å². The summed E-state index contributed by atoms with van der Waals surface area (Å²) in [4.78, 5) is 14.3. The fourth-order valence-electron chi connectivity index (χ4n) is 2.60. The second kappa shape index (κ2) is 8.61. The topological polar surface area (TPSA) is 32.3 Å². The van der Waals surface area contributed by atoms with Crippen LogP contribution in [-0.4, -0.2) is 42.7 Å². The summed E-state index contributed by atoms with van der Waals surface area (Å²) in [7, 11) is 0. The highest BCUT2D eigenvalue weighted by atomic mass is 19.4. The first-order chi connectivity index (χ1) is 9.90. The molecule has 0 bridgehead atoms. The monoisotopic (exact) mass is 308 g/mol. The SMILES string of the molecule is CCCCN(CCCC)C(=O)C1CCC(C(F)(F)F)CN1. The Hall–Kier alpha value is -0.780. The molecule has 1 aliphatic heterocycles. The Morgan fingerprint density at radius 2 is 1.71 bits per heavy atom. The molecule has 1 fully saturated rings. The van der Waals surface area contributed by atoms with E-state index >= 15 is 0 Å². The maximum atomic E-state index is 12.6. The van der Waals surface area contributed by atoms with Crippen LogP contribution in [0, 0.1) is 5.92 Å². The van der Waals surface area contributed by atoms with Crippen LogP contribution in [0.25, 0.3) is 0 Å². The minimum atomic E-state index is -4.16. The summed E-state index contributed by atoms with van der Waals surface area (Å²) in [5.74, 6) is -1.35. The van der Waals surface area contributed by atoms with Crippen molar-refractivity contribution >= 4 is 5.91 Å². The number of nitrogens with zero attached hydrogens (tertiary/aromatic N) is 1. The van der Waals surface area contributed by atoms with Crippen LogP contribution in [0.15, 0.2) is 0 Å². The zero-order valence-electron chi connectivity index (χ0n) is 13.0. The van der Waals surface area contributed by atoms with Crippen molar-refractivity contribution in [2.75, 3.05) is 19.6 Å². The number of nitrogens with one attached hydrogen (secondary N) is 1. The van der Waals surface area contributed by atoms with Gasteiger partial charge in [0, 0.05) is 19.6 Å². The molecule has 1 aliphatic rings. The molecule has 0 aromatic rings. The van der Waals surface area contributed by atoms with Crippen LogP contribution < -0.4 is 5.32 Å². The zero-order chi connectivity index (χ0) is 15.9. The van der Waals surface area contributed by atoms with Crippen molar-refractivity contribution in [3.05, 3.63) is 0 Å². The van der Waals surface area contributed by atoms with Crippen molar-refractivity contribution in [2.45, 2.75) is 64.6 Å². The first kappa shape index (κ1) is 18.3. The third-order valence-corrected chi connectivity index (χ3v) is 4.05. The van der Waals surface area contributed by atoms with Crippen molar-refractivity contribution in [1.82, 2.24) is 10.2 Å². The van der Waals surface area contributed by atoms with Gasteiger partial charge in [-0.25, -0.2) is 0 Å². The highest BCUT2D eigenvalue weighted by molar-refractivity contribution is 5.82. The normalized spacial score (nSPS) is 23.1. The van der Waals surface area contributed by atoms with Gasteiger partial charge < -0.3 is 10.2 Å². The highest BCUT2D eigenvalue weighted by Crippen LogP contribution is 2.32. The average molecular weight is 308 g/mol. The van der Waals surface area contributed by atoms with E-state index in [4.69, 9.17) is 0 Å². The third kappa shape index (κ3) is 5.85. The van der Waals surface area contributed by atoms with E-state index in [2.05, 4.69) is 19.2 Å². The molecule has 2 atom stereocenters. The Labute approximate surface area is 125 Å². The highest BCUT2D eigenvalue weighted by Gasteiger charge is 2.42. The van der Waals surface area contributed by atoms with Crippen molar-refractivity contribution in [1.29, 1.82) is 0 Å². The van der Waals surface area contributed by atoms with Crippen LogP contribution in [-0.2, 0) is 4.79 Å². The van der Waals surface area contributed by atoms with Gasteiger partial charge in [0.15, 0.2) is 0 Å². The van der Waals surface area contributed by atoms with Gasteiger partial charge in [-0.1, -0.05) is 26.7 Å². The molecule has 1 N–H and O–H groups in total. The second-order valence-corrected chi connectivity index (χ2v) is 5.81. The van der Waals surface area contributed by atoms with Crippen LogP contribution in [0.4, 0.5) is 13.2 Å². The summed E-state index contributed by atoms with van der Waals surface area (Å²) in [6.45, 7) is 5.40. The van der Waals surface area contributed by atoms with Gasteiger partial charge in [0.1, 0.15) is 0 Å². The van der Waals surface area contributed by atoms with Crippen LogP contribution in [0.1, 0.15) is 52.4 Å². The fourth-order valence-corrected chi connectivity index (χ4v) is 2.60. The lowest BCUT2D eigenvalue weighted by Gasteiger charge is -2.33. The Bertz CT molecular complexity index is 305. The molecule has 1 amide bonds. The van der Waals surface area contributed by atoms with Gasteiger partial charge in [-0.3, -0.25) is 4.79 Å². The smallest absolute Gasteiger partial charge is 0.341 e. The van der Waals surface area contributed by atoms with Gasteiger partial charge in [-0.05, 0) is 25.7 Å². The minimum Gasteiger partial charge on any atom is -0.341 e. The first-order valence-electron chi connectivity index (χ1n) is 7.99. The molecule has 6 heteroatoms. The number of hydrogen-bond donors (Lipinski definition) is 1. The quantitative estimate of drug-likeness (QED) is 0.782. The molecule has 0 spiro atoms. The molecule has 3 nitrogen and oxygen atoms in total.